The van der Waals surface area contributed by atoms with E-state index in [9.17, 15) is 14.4 Å². The minimum Gasteiger partial charge on any atom is -0.486 e. The molecule has 0 unspecified atom stereocenters. The number of esters is 1. The van der Waals surface area contributed by atoms with E-state index in [4.69, 9.17) is 14.2 Å². The lowest BCUT2D eigenvalue weighted by molar-refractivity contribution is -0.123. The highest BCUT2D eigenvalue weighted by molar-refractivity contribution is 6.02. The highest BCUT2D eigenvalue weighted by Gasteiger charge is 2.21. The third kappa shape index (κ3) is 5.56. The zero-order valence-corrected chi connectivity index (χ0v) is 19.4. The Balaban J connectivity index is 1.21. The molecule has 5 rings (SSSR count). The molecule has 0 spiro atoms. The Morgan fingerprint density at radius 1 is 0.892 bits per heavy atom. The van der Waals surface area contributed by atoms with Gasteiger partial charge in [-0.3, -0.25) is 10.1 Å². The smallest absolute Gasteiger partial charge is 0.378 e. The van der Waals surface area contributed by atoms with E-state index < -0.39 is 24.5 Å². The number of hydrogen-bond acceptors (Lipinski definition) is 8. The number of urea groups is 1. The normalized spacial score (nSPS) is 11.9. The Morgan fingerprint density at radius 3 is 2.35 bits per heavy atom. The topological polar surface area (TPSA) is 134 Å². The monoisotopic (exact) mass is 499 g/mol. The summed E-state index contributed by atoms with van der Waals surface area (Å²) in [5, 5.41) is 8.90. The van der Waals surface area contributed by atoms with Crippen molar-refractivity contribution in [2.24, 2.45) is 0 Å². The van der Waals surface area contributed by atoms with E-state index in [1.165, 1.54) is 4.68 Å². The average molecular weight is 499 g/mol. The van der Waals surface area contributed by atoms with E-state index >= 15 is 0 Å². The van der Waals surface area contributed by atoms with Gasteiger partial charge in [0.1, 0.15) is 13.2 Å². The molecule has 1 aromatic heterocycles. The second-order valence-electron chi connectivity index (χ2n) is 7.81. The van der Waals surface area contributed by atoms with Crippen molar-refractivity contribution in [3.05, 3.63) is 84.7 Å². The van der Waals surface area contributed by atoms with Crippen LogP contribution >= 0.6 is 0 Å². The zero-order valence-electron chi connectivity index (χ0n) is 19.4. The predicted octanol–water partition coefficient (Wildman–Crippen LogP) is 3.21. The molecule has 37 heavy (non-hydrogen) atoms. The highest BCUT2D eigenvalue weighted by atomic mass is 16.6. The van der Waals surface area contributed by atoms with E-state index in [0.29, 0.717) is 41.9 Å². The second-order valence-corrected chi connectivity index (χ2v) is 7.81. The van der Waals surface area contributed by atoms with Crippen LogP contribution in [0, 0.1) is 0 Å². The van der Waals surface area contributed by atoms with Crippen LogP contribution in [0.5, 0.6) is 11.5 Å². The van der Waals surface area contributed by atoms with Gasteiger partial charge in [-0.1, -0.05) is 48.5 Å². The third-order valence-electron chi connectivity index (χ3n) is 5.21. The maximum Gasteiger partial charge on any atom is 0.378 e. The predicted molar refractivity (Wildman–Crippen MR) is 132 cm³/mol. The number of amides is 3. The number of aromatic nitrogens is 3. The van der Waals surface area contributed by atoms with E-state index in [2.05, 4.69) is 20.7 Å². The fourth-order valence-corrected chi connectivity index (χ4v) is 3.56. The molecule has 0 aliphatic carbocycles. The van der Waals surface area contributed by atoms with Gasteiger partial charge in [0, 0.05) is 17.3 Å². The van der Waals surface area contributed by atoms with E-state index in [0.717, 1.165) is 5.56 Å². The number of hydrogen-bond donors (Lipinski definition) is 2. The van der Waals surface area contributed by atoms with Crippen molar-refractivity contribution in [3.8, 4) is 28.6 Å². The number of imide groups is 1. The summed E-state index contributed by atoms with van der Waals surface area (Å²) in [6.07, 6.45) is 0. The number of nitrogens with zero attached hydrogens (tertiary/aromatic N) is 3. The SMILES string of the molecule is O=C(COC(=O)c1nc(-c2ccccc2)n(-c2ccccc2)n1)NC(=O)Nc1ccc2c(c1)OCCO2. The van der Waals surface area contributed by atoms with Gasteiger partial charge in [-0.2, -0.15) is 0 Å². The van der Waals surface area contributed by atoms with E-state index in [-0.39, 0.29) is 5.82 Å². The maximum atomic E-state index is 12.6. The minimum atomic E-state index is -0.908. The Bertz CT molecular complexity index is 1380. The first-order valence-corrected chi connectivity index (χ1v) is 11.3. The minimum absolute atomic E-state index is 0.226. The van der Waals surface area contributed by atoms with Gasteiger partial charge in [0.25, 0.3) is 11.7 Å². The van der Waals surface area contributed by atoms with Gasteiger partial charge in [0.15, 0.2) is 23.9 Å². The van der Waals surface area contributed by atoms with Gasteiger partial charge >= 0.3 is 12.0 Å². The second kappa shape index (κ2) is 10.6. The van der Waals surface area contributed by atoms with Gasteiger partial charge in [-0.25, -0.2) is 19.3 Å². The van der Waals surface area contributed by atoms with Crippen LogP contribution < -0.4 is 20.1 Å². The van der Waals surface area contributed by atoms with Crippen molar-refractivity contribution in [2.75, 3.05) is 25.1 Å². The zero-order chi connectivity index (χ0) is 25.6. The van der Waals surface area contributed by atoms with E-state index in [1.54, 1.807) is 18.2 Å². The highest BCUT2D eigenvalue weighted by Crippen LogP contribution is 2.32. The molecular weight excluding hydrogens is 478 g/mol. The molecule has 1 aliphatic heterocycles. The van der Waals surface area contributed by atoms with Gasteiger partial charge < -0.3 is 19.5 Å². The third-order valence-corrected chi connectivity index (χ3v) is 5.21. The molecule has 2 heterocycles. The number of carbonyl (C=O) groups is 3. The van der Waals surface area contributed by atoms with Gasteiger partial charge in [0.2, 0.25) is 0 Å². The molecule has 2 N–H and O–H groups in total. The molecule has 0 radical (unpaired) electrons. The van der Waals surface area contributed by atoms with Crippen LogP contribution in [0.1, 0.15) is 10.6 Å². The van der Waals surface area contributed by atoms with Crippen LogP contribution in [0.3, 0.4) is 0 Å². The molecule has 11 heteroatoms. The summed E-state index contributed by atoms with van der Waals surface area (Å²) >= 11 is 0. The van der Waals surface area contributed by atoms with Crippen molar-refractivity contribution in [3.63, 3.8) is 0 Å². The lowest BCUT2D eigenvalue weighted by Crippen LogP contribution is -2.37. The molecule has 0 saturated carbocycles. The van der Waals surface area contributed by atoms with Crippen LogP contribution in [-0.4, -0.2) is 52.5 Å². The summed E-state index contributed by atoms with van der Waals surface area (Å²) in [5.41, 5.74) is 1.84. The van der Waals surface area contributed by atoms with Crippen LogP contribution in [0.4, 0.5) is 10.5 Å². The van der Waals surface area contributed by atoms with Crippen molar-refractivity contribution >= 4 is 23.6 Å². The quantitative estimate of drug-likeness (QED) is 0.387. The number of anilines is 1. The summed E-state index contributed by atoms with van der Waals surface area (Å²) in [4.78, 5) is 41.3. The van der Waals surface area contributed by atoms with Crippen molar-refractivity contribution < 1.29 is 28.6 Å². The molecule has 3 aromatic carbocycles. The Morgan fingerprint density at radius 2 is 1.59 bits per heavy atom. The van der Waals surface area contributed by atoms with Gasteiger partial charge in [0.05, 0.1) is 5.69 Å². The average Bonchev–Trinajstić information content (AvgIpc) is 3.38. The first kappa shape index (κ1) is 23.5. The molecule has 1 aliphatic rings. The Hall–Kier alpha value is -5.19. The fraction of sp³-hybridized carbons (Fsp3) is 0.115. The summed E-state index contributed by atoms with van der Waals surface area (Å²) in [7, 11) is 0. The number of fused-ring (bicyclic) bond motifs is 1. The van der Waals surface area contributed by atoms with E-state index in [1.807, 2.05) is 60.7 Å². The van der Waals surface area contributed by atoms with Crippen LogP contribution in [0.15, 0.2) is 78.9 Å². The first-order valence-electron chi connectivity index (χ1n) is 11.3. The molecule has 0 bridgehead atoms. The summed E-state index contributed by atoms with van der Waals surface area (Å²) < 4.78 is 17.5. The molecule has 4 aromatic rings. The molecule has 0 saturated heterocycles. The van der Waals surface area contributed by atoms with Crippen molar-refractivity contribution in [1.82, 2.24) is 20.1 Å². The Kier molecular flexibility index (Phi) is 6.75. The molecule has 11 nitrogen and oxygen atoms in total. The Labute approximate surface area is 211 Å². The molecule has 186 valence electrons. The maximum absolute atomic E-state index is 12.6. The fourth-order valence-electron chi connectivity index (χ4n) is 3.56. The van der Waals surface area contributed by atoms with Gasteiger partial charge in [-0.05, 0) is 24.3 Å². The number of nitrogens with one attached hydrogen (secondary N) is 2. The number of benzene rings is 3. The lowest BCUT2D eigenvalue weighted by Gasteiger charge is -2.19. The van der Waals surface area contributed by atoms with Crippen LogP contribution in [0.2, 0.25) is 0 Å². The number of para-hydroxylation sites is 1. The van der Waals surface area contributed by atoms with Crippen LogP contribution in [-0.2, 0) is 9.53 Å². The summed E-state index contributed by atoms with van der Waals surface area (Å²) in [5.74, 6) is -0.470. The number of rotatable bonds is 6. The lowest BCUT2D eigenvalue weighted by atomic mass is 10.2. The van der Waals surface area contributed by atoms with Crippen LogP contribution in [0.25, 0.3) is 17.1 Å². The molecule has 0 fully saturated rings. The summed E-state index contributed by atoms with van der Waals surface area (Å²) in [6.45, 7) is 0.148. The number of carbonyl (C=O) groups excluding carboxylic acids is 3. The van der Waals surface area contributed by atoms with Crippen molar-refractivity contribution in [2.45, 2.75) is 0 Å². The molecule has 0 atom stereocenters. The largest absolute Gasteiger partial charge is 0.486 e. The van der Waals surface area contributed by atoms with Crippen molar-refractivity contribution in [1.29, 1.82) is 0 Å². The standard InChI is InChI=1S/C26H21N5O6/c32-22(28-26(34)27-18-11-12-20-21(15-18)36-14-13-35-20)16-37-25(33)23-29-24(17-7-3-1-4-8-17)31(30-23)19-9-5-2-6-10-19/h1-12,15H,13-14,16H2,(H2,27,28,32,34). The molecular formula is C26H21N5O6. The summed E-state index contributed by atoms with van der Waals surface area (Å²) in [6, 6.07) is 22.5. The molecule has 3 amide bonds. The van der Waals surface area contributed by atoms with Gasteiger partial charge in [-0.15, -0.1) is 5.10 Å². The first-order chi connectivity index (χ1) is 18.1. The number of ether oxygens (including phenoxy) is 3.